The molecule has 0 saturated heterocycles. The first kappa shape index (κ1) is 29.5. The predicted molar refractivity (Wildman–Crippen MR) is 159 cm³/mol. The summed E-state index contributed by atoms with van der Waals surface area (Å²) < 4.78 is 19.0. The lowest BCUT2D eigenvalue weighted by Gasteiger charge is -2.68. The largest absolute Gasteiger partial charge is 0.382 e. The van der Waals surface area contributed by atoms with Gasteiger partial charge in [-0.1, -0.05) is 32.0 Å². The fraction of sp³-hybridized carbons (Fsp3) is 0.636. The third-order valence-corrected chi connectivity index (χ3v) is 11.2. The Morgan fingerprint density at radius 2 is 1.93 bits per heavy atom. The molecule has 2 aromatic rings. The molecule has 4 aliphatic rings. The Morgan fingerprint density at radius 1 is 1.19 bits per heavy atom. The number of benzene rings is 1. The first-order valence-electron chi connectivity index (χ1n) is 15.1. The highest BCUT2D eigenvalue weighted by Gasteiger charge is 2.76. The Bertz CT molecular complexity index is 1460. The first-order valence-corrected chi connectivity index (χ1v) is 15.1. The number of methoxy groups -OCH3 is 1. The number of ketones is 1. The van der Waals surface area contributed by atoms with Crippen LogP contribution in [0.25, 0.3) is 10.9 Å². The zero-order valence-electron chi connectivity index (χ0n) is 25.9. The number of likely N-dealkylation sites (N-methyl/N-ethyl adjacent to an activating group) is 1. The van der Waals surface area contributed by atoms with Crippen LogP contribution >= 0.6 is 0 Å². The number of nitrogens with one attached hydrogen (secondary N) is 2. The topological polar surface area (TPSA) is 113 Å². The number of carbonyl (C=O) groups excluding carboxylic acids is 2. The number of aromatic nitrogens is 1. The van der Waals surface area contributed by atoms with E-state index in [1.165, 1.54) is 10.9 Å². The van der Waals surface area contributed by atoms with Crippen LogP contribution in [-0.4, -0.2) is 90.7 Å². The standard InChI is InChI=1S/C33H45N3O6/c1-29(2)25(37)18-24-32(40-7,42-29)13-12-30(3)31(4)20(16-22-21-10-8-9-11-23(21)35-28(22)31)17-26(33(24,30)39)41-19-27(38)34-14-15-36(5)6/h8-11,18,20,26,35,39H,12-17,19H2,1-7H3,(H,34,38)/t20-,26+,30-,31-,32+,33+/m1/s1. The molecule has 6 rings (SSSR count). The van der Waals surface area contributed by atoms with Crippen LogP contribution in [0.1, 0.15) is 58.2 Å². The second-order valence-electron chi connectivity index (χ2n) is 13.9. The first-order chi connectivity index (χ1) is 19.7. The van der Waals surface area contributed by atoms with Gasteiger partial charge in [0.25, 0.3) is 0 Å². The molecule has 1 amide bonds. The van der Waals surface area contributed by atoms with E-state index < -0.39 is 33.9 Å². The van der Waals surface area contributed by atoms with E-state index in [-0.39, 0.29) is 24.2 Å². The maximum Gasteiger partial charge on any atom is 0.246 e. The molecule has 42 heavy (non-hydrogen) atoms. The highest BCUT2D eigenvalue weighted by Crippen LogP contribution is 2.71. The highest BCUT2D eigenvalue weighted by molar-refractivity contribution is 5.98. The summed E-state index contributed by atoms with van der Waals surface area (Å²) in [5.74, 6) is -1.60. The molecule has 0 bridgehead atoms. The van der Waals surface area contributed by atoms with Crippen LogP contribution in [0, 0.1) is 11.3 Å². The molecule has 0 spiro atoms. The van der Waals surface area contributed by atoms with Crippen LogP contribution in [0.5, 0.6) is 0 Å². The summed E-state index contributed by atoms with van der Waals surface area (Å²) in [5, 5.41) is 17.4. The number of ether oxygens (including phenoxy) is 3. The van der Waals surface area contributed by atoms with Gasteiger partial charge in [0, 0.05) is 59.6 Å². The van der Waals surface area contributed by atoms with Crippen molar-refractivity contribution in [2.24, 2.45) is 11.3 Å². The van der Waals surface area contributed by atoms with Crippen LogP contribution in [0.2, 0.25) is 0 Å². The van der Waals surface area contributed by atoms with Crippen molar-refractivity contribution in [2.45, 2.75) is 81.9 Å². The van der Waals surface area contributed by atoms with Crippen LogP contribution in [-0.2, 0) is 35.6 Å². The number of para-hydroxylation sites is 1. The number of aliphatic hydroxyl groups is 1. The molecule has 1 aromatic carbocycles. The quantitative estimate of drug-likeness (QED) is 0.462. The molecule has 3 N–H and O–H groups in total. The van der Waals surface area contributed by atoms with Crippen molar-refractivity contribution in [3.8, 4) is 0 Å². The summed E-state index contributed by atoms with van der Waals surface area (Å²) >= 11 is 0. The monoisotopic (exact) mass is 579 g/mol. The fourth-order valence-electron chi connectivity index (χ4n) is 8.68. The van der Waals surface area contributed by atoms with Gasteiger partial charge in [0.15, 0.2) is 11.6 Å². The maximum atomic E-state index is 13.4. The average molecular weight is 580 g/mol. The van der Waals surface area contributed by atoms with Gasteiger partial charge in [-0.2, -0.15) is 0 Å². The fourth-order valence-corrected chi connectivity index (χ4v) is 8.68. The zero-order chi connectivity index (χ0) is 30.3. The van der Waals surface area contributed by atoms with Gasteiger partial charge < -0.3 is 34.5 Å². The second-order valence-corrected chi connectivity index (χ2v) is 13.9. The van der Waals surface area contributed by atoms with Gasteiger partial charge in [-0.15, -0.1) is 0 Å². The smallest absolute Gasteiger partial charge is 0.246 e. The summed E-state index contributed by atoms with van der Waals surface area (Å²) in [5.41, 5.74) is -0.103. The van der Waals surface area contributed by atoms with Gasteiger partial charge in [-0.25, -0.2) is 0 Å². The Labute approximate surface area is 248 Å². The third kappa shape index (κ3) is 3.86. The van der Waals surface area contributed by atoms with Crippen LogP contribution in [0.3, 0.4) is 0 Å². The van der Waals surface area contributed by atoms with Gasteiger partial charge in [0.1, 0.15) is 17.8 Å². The van der Waals surface area contributed by atoms with E-state index in [1.807, 2.05) is 25.1 Å². The lowest BCUT2D eigenvalue weighted by Crippen LogP contribution is -2.76. The molecule has 3 aliphatic carbocycles. The number of hydrogen-bond donors (Lipinski definition) is 3. The molecule has 1 aliphatic heterocycles. The minimum Gasteiger partial charge on any atom is -0.382 e. The molecule has 0 unspecified atom stereocenters. The van der Waals surface area contributed by atoms with E-state index >= 15 is 0 Å². The number of fused-ring (bicyclic) bond motifs is 9. The van der Waals surface area contributed by atoms with Crippen molar-refractivity contribution in [3.05, 3.63) is 47.2 Å². The number of H-pyrrole nitrogens is 1. The van der Waals surface area contributed by atoms with E-state index in [0.717, 1.165) is 17.6 Å². The van der Waals surface area contributed by atoms with Crippen molar-refractivity contribution < 1.29 is 28.9 Å². The van der Waals surface area contributed by atoms with Crippen molar-refractivity contribution in [2.75, 3.05) is 40.9 Å². The second kappa shape index (κ2) is 9.72. The lowest BCUT2D eigenvalue weighted by atomic mass is 9.41. The van der Waals surface area contributed by atoms with Gasteiger partial charge >= 0.3 is 0 Å². The highest BCUT2D eigenvalue weighted by atomic mass is 16.7. The van der Waals surface area contributed by atoms with Crippen molar-refractivity contribution in [3.63, 3.8) is 0 Å². The minimum absolute atomic E-state index is 0.155. The van der Waals surface area contributed by atoms with Crippen molar-refractivity contribution in [1.82, 2.24) is 15.2 Å². The molecule has 9 heteroatoms. The van der Waals surface area contributed by atoms with Gasteiger partial charge in [0.05, 0.1) is 6.10 Å². The molecule has 0 radical (unpaired) electrons. The number of nitrogens with zero attached hydrogens (tertiary/aromatic N) is 1. The summed E-state index contributed by atoms with van der Waals surface area (Å²) in [6.45, 7) is 8.86. The molecule has 228 valence electrons. The van der Waals surface area contributed by atoms with E-state index in [1.54, 1.807) is 27.0 Å². The Morgan fingerprint density at radius 3 is 2.64 bits per heavy atom. The predicted octanol–water partition coefficient (Wildman–Crippen LogP) is 3.24. The number of carbonyl (C=O) groups is 2. The summed E-state index contributed by atoms with van der Waals surface area (Å²) in [7, 11) is 5.47. The number of amides is 1. The Balaban J connectivity index is 1.47. The summed E-state index contributed by atoms with van der Waals surface area (Å²) in [6, 6.07) is 8.34. The summed E-state index contributed by atoms with van der Waals surface area (Å²) in [6.07, 6.45) is 3.18. The lowest BCUT2D eigenvalue weighted by molar-refractivity contribution is -0.312. The maximum absolute atomic E-state index is 13.4. The Hall–Kier alpha value is -2.56. The zero-order valence-corrected chi connectivity index (χ0v) is 25.9. The van der Waals surface area contributed by atoms with Crippen molar-refractivity contribution >= 4 is 22.6 Å². The molecular formula is C33H45N3O6. The third-order valence-electron chi connectivity index (χ3n) is 11.2. The average Bonchev–Trinajstić information content (AvgIpc) is 3.44. The Kier molecular flexibility index (Phi) is 6.83. The molecule has 2 saturated carbocycles. The molecule has 2 fully saturated rings. The minimum atomic E-state index is -1.65. The molecular weight excluding hydrogens is 534 g/mol. The SMILES string of the molecule is CO[C@]12CC[C@]3(C)[C@@]4(C)c5[nH]c6ccccc6c5C[C@@H]4C[C@H](OCC(=O)NCCN(C)C)[C@@]3(O)C1=CC(=O)C(C)(C)O2. The molecule has 9 nitrogen and oxygen atoms in total. The number of rotatable bonds is 7. The normalized spacial score (nSPS) is 36.7. The van der Waals surface area contributed by atoms with Crippen LogP contribution in [0.15, 0.2) is 35.9 Å². The molecule has 1 aromatic heterocycles. The van der Waals surface area contributed by atoms with Gasteiger partial charge in [-0.3, -0.25) is 9.59 Å². The number of aromatic amines is 1. The van der Waals surface area contributed by atoms with E-state index in [2.05, 4.69) is 42.3 Å². The summed E-state index contributed by atoms with van der Waals surface area (Å²) in [4.78, 5) is 32.0. The van der Waals surface area contributed by atoms with Gasteiger partial charge in [0.2, 0.25) is 5.91 Å². The van der Waals surface area contributed by atoms with E-state index in [0.29, 0.717) is 37.9 Å². The number of hydrogen-bond acceptors (Lipinski definition) is 7. The molecule has 2 heterocycles. The van der Waals surface area contributed by atoms with E-state index in [4.69, 9.17) is 14.2 Å². The van der Waals surface area contributed by atoms with Crippen LogP contribution in [0.4, 0.5) is 0 Å². The van der Waals surface area contributed by atoms with E-state index in [9.17, 15) is 14.7 Å². The van der Waals surface area contributed by atoms with Gasteiger partial charge in [-0.05, 0) is 70.8 Å². The van der Waals surface area contributed by atoms with Crippen LogP contribution < -0.4 is 5.32 Å². The molecule has 6 atom stereocenters. The van der Waals surface area contributed by atoms with Crippen molar-refractivity contribution in [1.29, 1.82) is 0 Å².